The SMILES string of the molecule is C#CCNC(=O)CCCCCN(C=O)C(=O)C(CC)Sc1ccc(CONC=O)cc1. The van der Waals surface area contributed by atoms with Crippen LogP contribution in [0, 0.1) is 12.3 Å². The van der Waals surface area contributed by atoms with Crippen molar-refractivity contribution in [2.45, 2.75) is 55.8 Å². The average molecular weight is 448 g/mol. The van der Waals surface area contributed by atoms with Gasteiger partial charge < -0.3 is 5.32 Å². The van der Waals surface area contributed by atoms with Gasteiger partial charge in [0.05, 0.1) is 18.4 Å². The van der Waals surface area contributed by atoms with Crippen molar-refractivity contribution < 1.29 is 24.0 Å². The molecule has 0 radical (unpaired) electrons. The molecule has 2 N–H and O–H groups in total. The predicted molar refractivity (Wildman–Crippen MR) is 118 cm³/mol. The third kappa shape index (κ3) is 10.7. The first kappa shape index (κ1) is 26.2. The van der Waals surface area contributed by atoms with E-state index in [1.54, 1.807) is 0 Å². The van der Waals surface area contributed by atoms with Gasteiger partial charge in [0.25, 0.3) is 0 Å². The first-order valence-electron chi connectivity index (χ1n) is 10.1. The number of hydrogen-bond donors (Lipinski definition) is 2. The van der Waals surface area contributed by atoms with E-state index in [1.165, 1.54) is 16.7 Å². The molecule has 0 aliphatic heterocycles. The van der Waals surface area contributed by atoms with Gasteiger partial charge in [-0.3, -0.25) is 28.9 Å². The number of unbranched alkanes of at least 4 members (excludes halogenated alkanes) is 2. The monoisotopic (exact) mass is 447 g/mol. The lowest BCUT2D eigenvalue weighted by molar-refractivity contribution is -0.138. The molecule has 4 amide bonds. The second kappa shape index (κ2) is 15.9. The van der Waals surface area contributed by atoms with Crippen LogP contribution in [-0.4, -0.2) is 47.9 Å². The zero-order valence-electron chi connectivity index (χ0n) is 17.7. The van der Waals surface area contributed by atoms with Crippen LogP contribution in [0.3, 0.4) is 0 Å². The average Bonchev–Trinajstić information content (AvgIpc) is 2.79. The number of thioether (sulfide) groups is 1. The number of terminal acetylenes is 1. The maximum absolute atomic E-state index is 12.8. The molecule has 1 rings (SSSR count). The van der Waals surface area contributed by atoms with E-state index in [2.05, 4.69) is 16.7 Å². The van der Waals surface area contributed by atoms with Crippen molar-refractivity contribution in [3.63, 3.8) is 0 Å². The number of imide groups is 1. The molecule has 1 aromatic rings. The van der Waals surface area contributed by atoms with Gasteiger partial charge >= 0.3 is 0 Å². The number of carbonyl (C=O) groups excluding carboxylic acids is 4. The highest BCUT2D eigenvalue weighted by Gasteiger charge is 2.23. The van der Waals surface area contributed by atoms with Gasteiger partial charge in [0.2, 0.25) is 24.6 Å². The lowest BCUT2D eigenvalue weighted by Crippen LogP contribution is -2.37. The van der Waals surface area contributed by atoms with Crippen LogP contribution in [0.2, 0.25) is 0 Å². The van der Waals surface area contributed by atoms with Crippen LogP contribution in [0.1, 0.15) is 44.6 Å². The van der Waals surface area contributed by atoms with E-state index in [0.29, 0.717) is 45.0 Å². The Bertz CT molecular complexity index is 749. The summed E-state index contributed by atoms with van der Waals surface area (Å²) in [6.45, 7) is 2.69. The molecule has 1 aromatic carbocycles. The van der Waals surface area contributed by atoms with E-state index in [0.717, 1.165) is 16.9 Å². The van der Waals surface area contributed by atoms with E-state index in [4.69, 9.17) is 11.3 Å². The van der Waals surface area contributed by atoms with E-state index in [9.17, 15) is 19.2 Å². The molecule has 0 spiro atoms. The maximum Gasteiger partial charge on any atom is 0.242 e. The standard InChI is InChI=1S/C22H29N3O5S/c1-3-13-23-21(28)8-6-5-7-14-25(17-27)22(29)20(4-2)31-19-11-9-18(10-12-19)15-30-24-16-26/h1,9-12,16-17,20H,4-8,13-15H2,2H3,(H,23,28)(H,24,26). The van der Waals surface area contributed by atoms with E-state index in [1.807, 2.05) is 31.2 Å². The zero-order chi connectivity index (χ0) is 22.9. The third-order valence-electron chi connectivity index (χ3n) is 4.32. The molecule has 1 atom stereocenters. The molecule has 8 nitrogen and oxygen atoms in total. The van der Waals surface area contributed by atoms with Crippen molar-refractivity contribution in [3.05, 3.63) is 29.8 Å². The van der Waals surface area contributed by atoms with Crippen molar-refractivity contribution in [2.24, 2.45) is 0 Å². The van der Waals surface area contributed by atoms with Gasteiger partial charge in [-0.2, -0.15) is 0 Å². The Balaban J connectivity index is 2.47. The summed E-state index contributed by atoms with van der Waals surface area (Å²) >= 11 is 1.40. The quantitative estimate of drug-likeness (QED) is 0.132. The van der Waals surface area contributed by atoms with Gasteiger partial charge in [0.1, 0.15) is 0 Å². The molecule has 168 valence electrons. The highest BCUT2D eigenvalue weighted by atomic mass is 32.2. The van der Waals surface area contributed by atoms with Crippen LogP contribution in [0.5, 0.6) is 0 Å². The molecule has 0 bridgehead atoms. The highest BCUT2D eigenvalue weighted by molar-refractivity contribution is 8.00. The molecule has 0 saturated carbocycles. The molecule has 0 aliphatic rings. The number of amides is 4. The molecular formula is C22H29N3O5S. The third-order valence-corrected chi connectivity index (χ3v) is 5.68. The van der Waals surface area contributed by atoms with Gasteiger partial charge in [-0.25, -0.2) is 5.48 Å². The molecule has 0 fully saturated rings. The number of hydroxylamine groups is 1. The van der Waals surface area contributed by atoms with Crippen LogP contribution in [0.25, 0.3) is 0 Å². The summed E-state index contributed by atoms with van der Waals surface area (Å²) in [5, 5.41) is 2.22. The summed E-state index contributed by atoms with van der Waals surface area (Å²) < 4.78 is 0. The minimum atomic E-state index is -0.376. The van der Waals surface area contributed by atoms with Gasteiger partial charge in [-0.05, 0) is 37.0 Å². The second-order valence-corrected chi connectivity index (χ2v) is 7.89. The summed E-state index contributed by atoms with van der Waals surface area (Å²) in [6.07, 6.45) is 9.11. The van der Waals surface area contributed by atoms with Crippen molar-refractivity contribution in [1.82, 2.24) is 15.7 Å². The van der Waals surface area contributed by atoms with Gasteiger partial charge in [0.15, 0.2) is 0 Å². The Kier molecular flexibility index (Phi) is 13.5. The second-order valence-electron chi connectivity index (χ2n) is 6.61. The summed E-state index contributed by atoms with van der Waals surface area (Å²) in [5.41, 5.74) is 3.00. The fourth-order valence-electron chi connectivity index (χ4n) is 2.68. The van der Waals surface area contributed by atoms with Crippen LogP contribution >= 0.6 is 11.8 Å². The summed E-state index contributed by atoms with van der Waals surface area (Å²) in [5.74, 6) is 2.02. The van der Waals surface area contributed by atoms with Gasteiger partial charge in [0, 0.05) is 17.9 Å². The fraction of sp³-hybridized carbons (Fsp3) is 0.455. The number of nitrogens with zero attached hydrogens (tertiary/aromatic N) is 1. The Labute approximate surface area is 187 Å². The van der Waals surface area contributed by atoms with Crippen LogP contribution in [-0.2, 0) is 30.6 Å². The topological polar surface area (TPSA) is 105 Å². The smallest absolute Gasteiger partial charge is 0.242 e. The molecule has 0 aromatic heterocycles. The number of nitrogens with one attached hydrogen (secondary N) is 2. The maximum atomic E-state index is 12.8. The minimum absolute atomic E-state index is 0.0960. The van der Waals surface area contributed by atoms with Crippen molar-refractivity contribution in [3.8, 4) is 12.3 Å². The van der Waals surface area contributed by atoms with Crippen molar-refractivity contribution in [1.29, 1.82) is 0 Å². The lowest BCUT2D eigenvalue weighted by atomic mass is 10.1. The molecule has 31 heavy (non-hydrogen) atoms. The normalized spacial score (nSPS) is 11.1. The lowest BCUT2D eigenvalue weighted by Gasteiger charge is -2.21. The predicted octanol–water partition coefficient (Wildman–Crippen LogP) is 2.03. The summed E-state index contributed by atoms with van der Waals surface area (Å²) in [7, 11) is 0. The highest BCUT2D eigenvalue weighted by Crippen LogP contribution is 2.27. The number of benzene rings is 1. The van der Waals surface area contributed by atoms with Crippen molar-refractivity contribution in [2.75, 3.05) is 13.1 Å². The minimum Gasteiger partial charge on any atom is -0.345 e. The largest absolute Gasteiger partial charge is 0.345 e. The fourth-order valence-corrected chi connectivity index (χ4v) is 3.70. The van der Waals surface area contributed by atoms with E-state index in [-0.39, 0.29) is 30.2 Å². The first-order valence-corrected chi connectivity index (χ1v) is 11.0. The van der Waals surface area contributed by atoms with Gasteiger partial charge in [-0.15, -0.1) is 18.2 Å². The van der Waals surface area contributed by atoms with Crippen LogP contribution in [0.4, 0.5) is 0 Å². The van der Waals surface area contributed by atoms with Crippen molar-refractivity contribution >= 4 is 36.4 Å². The molecule has 0 aliphatic carbocycles. The molecule has 1 unspecified atom stereocenters. The summed E-state index contributed by atoms with van der Waals surface area (Å²) in [6, 6.07) is 7.44. The number of rotatable bonds is 16. The zero-order valence-corrected chi connectivity index (χ0v) is 18.5. The molecule has 9 heteroatoms. The molecular weight excluding hydrogens is 418 g/mol. The van der Waals surface area contributed by atoms with Gasteiger partial charge in [-0.1, -0.05) is 31.4 Å². The number of carbonyl (C=O) groups is 4. The van der Waals surface area contributed by atoms with Crippen LogP contribution in [0.15, 0.2) is 29.2 Å². The van der Waals surface area contributed by atoms with E-state index >= 15 is 0 Å². The Morgan fingerprint density at radius 2 is 1.97 bits per heavy atom. The van der Waals surface area contributed by atoms with E-state index < -0.39 is 0 Å². The molecule has 0 heterocycles. The Hall–Kier alpha value is -2.83. The Morgan fingerprint density at radius 3 is 2.58 bits per heavy atom. The number of hydrogen-bond acceptors (Lipinski definition) is 6. The van der Waals surface area contributed by atoms with Crippen LogP contribution < -0.4 is 10.8 Å². The summed E-state index contributed by atoms with van der Waals surface area (Å²) in [4.78, 5) is 52.9. The Morgan fingerprint density at radius 1 is 1.23 bits per heavy atom. The molecule has 0 saturated heterocycles. The first-order chi connectivity index (χ1) is 15.0.